The summed E-state index contributed by atoms with van der Waals surface area (Å²) >= 11 is 0. The predicted molar refractivity (Wildman–Crippen MR) is 134 cm³/mol. The number of rotatable bonds is 9. The van der Waals surface area contributed by atoms with E-state index < -0.39 is 0 Å². The number of anilines is 2. The molecule has 0 spiro atoms. The second-order valence-electron chi connectivity index (χ2n) is 8.92. The Kier molecular flexibility index (Phi) is 10.3. The minimum Gasteiger partial charge on any atom is -0.493 e. The lowest BCUT2D eigenvalue weighted by atomic mass is 10.00. The number of carbonyl (C=O) groups excluding carboxylic acids is 2. The van der Waals surface area contributed by atoms with Crippen LogP contribution in [0.1, 0.15) is 45.6 Å². The summed E-state index contributed by atoms with van der Waals surface area (Å²) in [7, 11) is 1.64. The second kappa shape index (κ2) is 13.0. The molecule has 1 saturated heterocycles. The molecule has 0 aliphatic carbocycles. The predicted octanol–water partition coefficient (Wildman–Crippen LogP) is 3.86. The second-order valence-corrected chi connectivity index (χ2v) is 8.92. The Morgan fingerprint density at radius 2 is 1.71 bits per heavy atom. The first-order chi connectivity index (χ1) is 15.9. The van der Waals surface area contributed by atoms with Crippen molar-refractivity contribution in [3.8, 4) is 11.5 Å². The first-order valence-corrected chi connectivity index (χ1v) is 11.6. The van der Waals surface area contributed by atoms with Crippen LogP contribution in [0.2, 0.25) is 0 Å². The highest BCUT2D eigenvalue weighted by molar-refractivity contribution is 5.95. The van der Waals surface area contributed by atoms with Crippen molar-refractivity contribution in [1.82, 2.24) is 4.90 Å². The monoisotopic (exact) mass is 471 g/mol. The molecule has 0 aromatic heterocycles. The molecule has 2 amide bonds. The highest BCUT2D eigenvalue weighted by atomic mass is 16.5. The molecule has 8 heteroatoms. The molecule has 1 aliphatic rings. The number of nitrogens with one attached hydrogen (secondary N) is 2. The van der Waals surface area contributed by atoms with E-state index in [0.29, 0.717) is 30.4 Å². The van der Waals surface area contributed by atoms with E-state index in [9.17, 15) is 9.59 Å². The van der Waals surface area contributed by atoms with Crippen LogP contribution in [-0.4, -0.2) is 48.5 Å². The van der Waals surface area contributed by atoms with E-state index in [1.54, 1.807) is 31.4 Å². The van der Waals surface area contributed by atoms with Crippen LogP contribution in [0.25, 0.3) is 0 Å². The van der Waals surface area contributed by atoms with Crippen LogP contribution >= 0.6 is 0 Å². The fourth-order valence-electron chi connectivity index (χ4n) is 3.97. The van der Waals surface area contributed by atoms with Gasteiger partial charge in [0, 0.05) is 24.8 Å². The maximum Gasteiger partial charge on any atom is 0.241 e. The number of methoxy groups -OCH3 is 1. The van der Waals surface area contributed by atoms with Gasteiger partial charge in [-0.1, -0.05) is 26.3 Å². The molecule has 0 radical (unpaired) electrons. The molecule has 0 saturated carbocycles. The molecule has 1 heterocycles. The number of amides is 2. The number of likely N-dealkylation sites (tertiary alicyclic amines) is 1. The Hall–Kier alpha value is -3.10. The van der Waals surface area contributed by atoms with E-state index in [0.717, 1.165) is 42.9 Å². The van der Waals surface area contributed by atoms with Gasteiger partial charge in [-0.25, -0.2) is 0 Å². The zero-order chi connectivity index (χ0) is 23.8. The SMILES string of the molecule is COc1ccc(CN2CCCCC2C(=O)Nc2ccc(NC(C)=O)cc2)cc1OCC(C)C.O. The Morgan fingerprint density at radius 1 is 1.03 bits per heavy atom. The van der Waals surface area contributed by atoms with Gasteiger partial charge < -0.3 is 25.6 Å². The Bertz CT molecular complexity index is 946. The number of piperidine rings is 1. The van der Waals surface area contributed by atoms with Crippen LogP contribution in [0.15, 0.2) is 42.5 Å². The highest BCUT2D eigenvalue weighted by Crippen LogP contribution is 2.30. The quantitative estimate of drug-likeness (QED) is 0.577. The summed E-state index contributed by atoms with van der Waals surface area (Å²) in [6.07, 6.45) is 2.92. The van der Waals surface area contributed by atoms with Crippen LogP contribution < -0.4 is 20.1 Å². The number of nitrogens with zero attached hydrogens (tertiary/aromatic N) is 1. The molecule has 1 fully saturated rings. The van der Waals surface area contributed by atoms with Crippen molar-refractivity contribution in [3.63, 3.8) is 0 Å². The largest absolute Gasteiger partial charge is 0.493 e. The zero-order valence-electron chi connectivity index (χ0n) is 20.5. The molecule has 1 aliphatic heterocycles. The first kappa shape index (κ1) is 27.1. The third kappa shape index (κ3) is 7.74. The normalized spacial score (nSPS) is 15.9. The summed E-state index contributed by atoms with van der Waals surface area (Å²) in [6.45, 7) is 7.85. The first-order valence-electron chi connectivity index (χ1n) is 11.6. The van der Waals surface area contributed by atoms with Gasteiger partial charge in [0.1, 0.15) is 0 Å². The van der Waals surface area contributed by atoms with E-state index >= 15 is 0 Å². The van der Waals surface area contributed by atoms with Crippen LogP contribution in [0.4, 0.5) is 11.4 Å². The Balaban J connectivity index is 0.00000408. The van der Waals surface area contributed by atoms with Crippen molar-refractivity contribution in [2.75, 3.05) is 30.9 Å². The van der Waals surface area contributed by atoms with Gasteiger partial charge in [0.25, 0.3) is 0 Å². The van der Waals surface area contributed by atoms with Gasteiger partial charge >= 0.3 is 0 Å². The van der Waals surface area contributed by atoms with Crippen molar-refractivity contribution in [2.45, 2.75) is 52.6 Å². The van der Waals surface area contributed by atoms with Gasteiger partial charge in [0.15, 0.2) is 11.5 Å². The van der Waals surface area contributed by atoms with E-state index in [2.05, 4.69) is 29.4 Å². The van der Waals surface area contributed by atoms with E-state index in [-0.39, 0.29) is 23.3 Å². The number of ether oxygens (including phenoxy) is 2. The maximum absolute atomic E-state index is 13.1. The molecule has 4 N–H and O–H groups in total. The smallest absolute Gasteiger partial charge is 0.241 e. The molecule has 186 valence electrons. The van der Waals surface area contributed by atoms with Gasteiger partial charge in [-0.05, 0) is 67.3 Å². The average Bonchev–Trinajstić information content (AvgIpc) is 2.79. The van der Waals surface area contributed by atoms with Gasteiger partial charge in [0.2, 0.25) is 11.8 Å². The average molecular weight is 472 g/mol. The highest BCUT2D eigenvalue weighted by Gasteiger charge is 2.29. The van der Waals surface area contributed by atoms with Gasteiger partial charge in [-0.2, -0.15) is 0 Å². The van der Waals surface area contributed by atoms with Crippen molar-refractivity contribution in [3.05, 3.63) is 48.0 Å². The zero-order valence-corrected chi connectivity index (χ0v) is 20.5. The Morgan fingerprint density at radius 3 is 2.32 bits per heavy atom. The molecule has 3 rings (SSSR count). The van der Waals surface area contributed by atoms with Gasteiger partial charge in [0.05, 0.1) is 19.8 Å². The fourth-order valence-corrected chi connectivity index (χ4v) is 3.97. The maximum atomic E-state index is 13.1. The minimum absolute atomic E-state index is 0. The third-order valence-corrected chi connectivity index (χ3v) is 5.57. The van der Waals surface area contributed by atoms with Crippen LogP contribution in [0, 0.1) is 5.92 Å². The lowest BCUT2D eigenvalue weighted by Gasteiger charge is -2.34. The lowest BCUT2D eigenvalue weighted by molar-refractivity contribution is -0.122. The standard InChI is InChI=1S/C26H35N3O4.H2O/c1-18(2)17-33-25-15-20(8-13-24(25)32-4)16-29-14-6-5-7-23(29)26(31)28-22-11-9-21(10-12-22)27-19(3)30;/h8-13,15,18,23H,5-7,14,16-17H2,1-4H3,(H,27,30)(H,28,31);1H2. The van der Waals surface area contributed by atoms with E-state index in [4.69, 9.17) is 9.47 Å². The lowest BCUT2D eigenvalue weighted by Crippen LogP contribution is -2.46. The number of carbonyl (C=O) groups is 2. The summed E-state index contributed by atoms with van der Waals surface area (Å²) in [5.41, 5.74) is 2.51. The molecular formula is C26H37N3O5. The van der Waals surface area contributed by atoms with Crippen molar-refractivity contribution in [2.24, 2.45) is 5.92 Å². The molecule has 1 atom stereocenters. The van der Waals surface area contributed by atoms with Gasteiger partial charge in [-0.3, -0.25) is 14.5 Å². The summed E-state index contributed by atoms with van der Waals surface area (Å²) < 4.78 is 11.4. The number of hydrogen-bond acceptors (Lipinski definition) is 5. The van der Waals surface area contributed by atoms with Gasteiger partial charge in [-0.15, -0.1) is 0 Å². The molecule has 8 nitrogen and oxygen atoms in total. The summed E-state index contributed by atoms with van der Waals surface area (Å²) in [5.74, 6) is 1.74. The fraction of sp³-hybridized carbons (Fsp3) is 0.462. The summed E-state index contributed by atoms with van der Waals surface area (Å²) in [5, 5.41) is 5.76. The van der Waals surface area contributed by atoms with Crippen LogP contribution in [0.3, 0.4) is 0 Å². The molecular weight excluding hydrogens is 434 g/mol. The molecule has 34 heavy (non-hydrogen) atoms. The van der Waals surface area contributed by atoms with Crippen molar-refractivity contribution < 1.29 is 24.5 Å². The van der Waals surface area contributed by atoms with Crippen LogP contribution in [0.5, 0.6) is 11.5 Å². The van der Waals surface area contributed by atoms with Crippen molar-refractivity contribution >= 4 is 23.2 Å². The van der Waals surface area contributed by atoms with E-state index in [1.165, 1.54) is 6.92 Å². The topological polar surface area (TPSA) is 111 Å². The van der Waals surface area contributed by atoms with Crippen molar-refractivity contribution in [1.29, 1.82) is 0 Å². The Labute approximate surface area is 201 Å². The third-order valence-electron chi connectivity index (χ3n) is 5.57. The van der Waals surface area contributed by atoms with Crippen LogP contribution in [-0.2, 0) is 16.1 Å². The number of benzene rings is 2. The summed E-state index contributed by atoms with van der Waals surface area (Å²) in [4.78, 5) is 26.5. The number of hydrogen-bond donors (Lipinski definition) is 2. The molecule has 1 unspecified atom stereocenters. The molecule has 2 aromatic rings. The summed E-state index contributed by atoms with van der Waals surface area (Å²) in [6, 6.07) is 13.0. The van der Waals surface area contributed by atoms with E-state index in [1.807, 2.05) is 18.2 Å². The minimum atomic E-state index is -0.198. The molecule has 0 bridgehead atoms. The molecule has 2 aromatic carbocycles.